The van der Waals surface area contributed by atoms with Crippen LogP contribution in [0.15, 0.2) is 26.4 Å². The Morgan fingerprint density at radius 1 is 1.44 bits per heavy atom. The van der Waals surface area contributed by atoms with Crippen LogP contribution in [0.5, 0.6) is 0 Å². The van der Waals surface area contributed by atoms with Crippen LogP contribution in [0.1, 0.15) is 17.0 Å². The van der Waals surface area contributed by atoms with Crippen LogP contribution in [0, 0.1) is 12.8 Å². The molecule has 9 nitrogen and oxygen atoms in total. The standard InChI is InChI=1S/C16H20N4O5/c1-9-3-12(25-19-9)4-11-7-24-8-13(11)18-14(21)5-10-6-17-16(23)20(2)15(10)22/h3,6,11,13H,4-5,7-8H2,1-2H3,(H,17,23)(H,18,21)/t11-,13+/m1/s1. The summed E-state index contributed by atoms with van der Waals surface area (Å²) in [6.45, 7) is 2.78. The molecule has 0 spiro atoms. The highest BCUT2D eigenvalue weighted by Crippen LogP contribution is 2.19. The molecule has 0 aliphatic carbocycles. The number of aromatic nitrogens is 3. The predicted octanol–water partition coefficient (Wildman–Crippen LogP) is -0.714. The fraction of sp³-hybridized carbons (Fsp3) is 0.500. The van der Waals surface area contributed by atoms with Crippen molar-refractivity contribution < 1.29 is 14.1 Å². The second-order valence-electron chi connectivity index (χ2n) is 6.27. The van der Waals surface area contributed by atoms with Gasteiger partial charge in [-0.15, -0.1) is 0 Å². The zero-order valence-corrected chi connectivity index (χ0v) is 14.1. The summed E-state index contributed by atoms with van der Waals surface area (Å²) < 4.78 is 11.6. The van der Waals surface area contributed by atoms with Crippen molar-refractivity contribution in [3.8, 4) is 0 Å². The van der Waals surface area contributed by atoms with Crippen molar-refractivity contribution in [2.45, 2.75) is 25.8 Å². The van der Waals surface area contributed by atoms with E-state index >= 15 is 0 Å². The summed E-state index contributed by atoms with van der Waals surface area (Å²) >= 11 is 0. The summed E-state index contributed by atoms with van der Waals surface area (Å²) in [5.74, 6) is 0.537. The first-order valence-corrected chi connectivity index (χ1v) is 8.01. The van der Waals surface area contributed by atoms with E-state index in [4.69, 9.17) is 9.26 Å². The summed E-state index contributed by atoms with van der Waals surface area (Å²) in [4.78, 5) is 38.1. The molecule has 25 heavy (non-hydrogen) atoms. The predicted molar refractivity (Wildman–Crippen MR) is 87.2 cm³/mol. The molecule has 3 rings (SSSR count). The van der Waals surface area contributed by atoms with Gasteiger partial charge in [-0.2, -0.15) is 0 Å². The summed E-state index contributed by atoms with van der Waals surface area (Å²) in [5.41, 5.74) is 0.0559. The molecule has 2 aromatic rings. The SMILES string of the molecule is Cc1cc(C[C@@H]2COC[C@@H]2NC(=O)Cc2c[nH]c(=O)n(C)c2=O)on1. The number of rotatable bonds is 5. The maximum absolute atomic E-state index is 12.3. The minimum absolute atomic E-state index is 0.0784. The molecule has 0 unspecified atom stereocenters. The number of aromatic amines is 1. The van der Waals surface area contributed by atoms with Gasteiger partial charge in [-0.25, -0.2) is 4.79 Å². The normalized spacial score (nSPS) is 19.9. The van der Waals surface area contributed by atoms with Crippen LogP contribution >= 0.6 is 0 Å². The zero-order valence-electron chi connectivity index (χ0n) is 14.1. The molecule has 1 amide bonds. The third-order valence-corrected chi connectivity index (χ3v) is 4.29. The molecule has 0 bridgehead atoms. The number of carbonyl (C=O) groups excluding carboxylic acids is 1. The third kappa shape index (κ3) is 3.87. The van der Waals surface area contributed by atoms with E-state index in [1.807, 2.05) is 13.0 Å². The monoisotopic (exact) mass is 348 g/mol. The highest BCUT2D eigenvalue weighted by molar-refractivity contribution is 5.78. The van der Waals surface area contributed by atoms with Crippen LogP contribution < -0.4 is 16.6 Å². The Morgan fingerprint density at radius 3 is 2.96 bits per heavy atom. The minimum atomic E-state index is -0.513. The number of ether oxygens (including phenoxy) is 1. The first-order valence-electron chi connectivity index (χ1n) is 8.01. The van der Waals surface area contributed by atoms with Gasteiger partial charge < -0.3 is 19.6 Å². The molecular weight excluding hydrogens is 328 g/mol. The van der Waals surface area contributed by atoms with E-state index in [1.165, 1.54) is 13.2 Å². The second kappa shape index (κ2) is 7.06. The Balaban J connectivity index is 1.63. The molecule has 0 saturated carbocycles. The molecule has 0 radical (unpaired) electrons. The molecule has 1 saturated heterocycles. The van der Waals surface area contributed by atoms with Crippen molar-refractivity contribution in [3.05, 3.63) is 50.1 Å². The van der Waals surface area contributed by atoms with E-state index in [1.54, 1.807) is 0 Å². The molecule has 2 aromatic heterocycles. The van der Waals surface area contributed by atoms with E-state index in [2.05, 4.69) is 15.5 Å². The van der Waals surface area contributed by atoms with Crippen molar-refractivity contribution in [2.24, 2.45) is 13.0 Å². The average molecular weight is 348 g/mol. The Labute approximate surface area is 143 Å². The lowest BCUT2D eigenvalue weighted by molar-refractivity contribution is -0.121. The number of carbonyl (C=O) groups is 1. The van der Waals surface area contributed by atoms with Crippen LogP contribution in [0.2, 0.25) is 0 Å². The van der Waals surface area contributed by atoms with Crippen LogP contribution in [0.4, 0.5) is 0 Å². The number of hydrogen-bond acceptors (Lipinski definition) is 6. The van der Waals surface area contributed by atoms with Crippen LogP contribution in [-0.4, -0.2) is 39.9 Å². The second-order valence-corrected chi connectivity index (χ2v) is 6.27. The van der Waals surface area contributed by atoms with E-state index in [0.29, 0.717) is 19.6 Å². The minimum Gasteiger partial charge on any atom is -0.379 e. The summed E-state index contributed by atoms with van der Waals surface area (Å²) in [5, 5.41) is 6.76. The van der Waals surface area contributed by atoms with Gasteiger partial charge in [0.2, 0.25) is 5.91 Å². The first kappa shape index (κ1) is 17.2. The zero-order chi connectivity index (χ0) is 18.0. The van der Waals surface area contributed by atoms with Crippen molar-refractivity contribution in [3.63, 3.8) is 0 Å². The van der Waals surface area contributed by atoms with Gasteiger partial charge in [0.1, 0.15) is 5.76 Å². The molecule has 3 heterocycles. The molecule has 1 aliphatic heterocycles. The quantitative estimate of drug-likeness (QED) is 0.736. The maximum atomic E-state index is 12.3. The molecule has 9 heteroatoms. The molecule has 0 aromatic carbocycles. The van der Waals surface area contributed by atoms with Gasteiger partial charge in [0.05, 0.1) is 31.4 Å². The molecule has 2 N–H and O–H groups in total. The highest BCUT2D eigenvalue weighted by atomic mass is 16.5. The summed E-state index contributed by atoms with van der Waals surface area (Å²) in [6, 6.07) is 1.70. The van der Waals surface area contributed by atoms with Crippen molar-refractivity contribution in [1.29, 1.82) is 0 Å². The van der Waals surface area contributed by atoms with Gasteiger partial charge in [-0.3, -0.25) is 14.2 Å². The van der Waals surface area contributed by atoms with Crippen molar-refractivity contribution in [2.75, 3.05) is 13.2 Å². The van der Waals surface area contributed by atoms with Crippen molar-refractivity contribution >= 4 is 5.91 Å². The largest absolute Gasteiger partial charge is 0.379 e. The Hall–Kier alpha value is -2.68. The smallest absolute Gasteiger partial charge is 0.328 e. The Morgan fingerprint density at radius 2 is 2.24 bits per heavy atom. The maximum Gasteiger partial charge on any atom is 0.328 e. The van der Waals surface area contributed by atoms with E-state index in [-0.39, 0.29) is 29.9 Å². The van der Waals surface area contributed by atoms with Gasteiger partial charge >= 0.3 is 5.69 Å². The lowest BCUT2D eigenvalue weighted by atomic mass is 9.98. The Kier molecular flexibility index (Phi) is 4.84. The lowest BCUT2D eigenvalue weighted by Gasteiger charge is -2.18. The van der Waals surface area contributed by atoms with Crippen LogP contribution in [-0.2, 0) is 29.4 Å². The summed E-state index contributed by atoms with van der Waals surface area (Å²) in [6.07, 6.45) is 1.80. The van der Waals surface area contributed by atoms with Crippen molar-refractivity contribution in [1.82, 2.24) is 20.0 Å². The number of nitrogens with one attached hydrogen (secondary N) is 2. The van der Waals surface area contributed by atoms with E-state index in [9.17, 15) is 14.4 Å². The number of aryl methyl sites for hydroxylation is 1. The van der Waals surface area contributed by atoms with Crippen LogP contribution in [0.25, 0.3) is 0 Å². The molecular formula is C16H20N4O5. The van der Waals surface area contributed by atoms with Gasteiger partial charge in [-0.05, 0) is 6.92 Å². The highest BCUT2D eigenvalue weighted by Gasteiger charge is 2.30. The molecule has 134 valence electrons. The molecule has 1 fully saturated rings. The topological polar surface area (TPSA) is 119 Å². The van der Waals surface area contributed by atoms with Gasteiger partial charge in [0.15, 0.2) is 0 Å². The average Bonchev–Trinajstić information content (AvgIpc) is 3.18. The van der Waals surface area contributed by atoms with E-state index < -0.39 is 11.2 Å². The first-order chi connectivity index (χ1) is 11.9. The van der Waals surface area contributed by atoms with Gasteiger partial charge in [0, 0.05) is 37.2 Å². The number of hydrogen-bond donors (Lipinski definition) is 2. The number of amides is 1. The van der Waals surface area contributed by atoms with Gasteiger partial charge in [0.25, 0.3) is 5.56 Å². The Bertz CT molecular complexity index is 881. The number of nitrogens with zero attached hydrogens (tertiary/aromatic N) is 2. The lowest BCUT2D eigenvalue weighted by Crippen LogP contribution is -2.43. The van der Waals surface area contributed by atoms with Gasteiger partial charge in [-0.1, -0.05) is 5.16 Å². The number of H-pyrrole nitrogens is 1. The molecule has 1 aliphatic rings. The van der Waals surface area contributed by atoms with E-state index in [0.717, 1.165) is 16.0 Å². The third-order valence-electron chi connectivity index (χ3n) is 4.29. The fourth-order valence-corrected chi connectivity index (χ4v) is 2.90. The summed E-state index contributed by atoms with van der Waals surface area (Å²) in [7, 11) is 1.36. The molecule has 2 atom stereocenters. The fourth-order valence-electron chi connectivity index (χ4n) is 2.90. The van der Waals surface area contributed by atoms with Crippen LogP contribution in [0.3, 0.4) is 0 Å².